The normalized spacial score (nSPS) is 14.9. The lowest BCUT2D eigenvalue weighted by atomic mass is 10.1. The van der Waals surface area contributed by atoms with Crippen LogP contribution in [0.3, 0.4) is 0 Å². The number of aromatic nitrogens is 2. The summed E-state index contributed by atoms with van der Waals surface area (Å²) in [7, 11) is 0. The van der Waals surface area contributed by atoms with Crippen molar-refractivity contribution in [2.45, 2.75) is 26.8 Å². The second-order valence-corrected chi connectivity index (χ2v) is 3.71. The predicted octanol–water partition coefficient (Wildman–Crippen LogP) is 1.21. The summed E-state index contributed by atoms with van der Waals surface area (Å²) in [5, 5.41) is 20.0. The molecule has 1 rings (SSSR count). The monoisotopic (exact) mass is 195 g/mol. The molecule has 2 unspecified atom stereocenters. The molecule has 0 aliphatic carbocycles. The quantitative estimate of drug-likeness (QED) is 0.758. The van der Waals surface area contributed by atoms with Gasteiger partial charge in [-0.3, -0.25) is 0 Å². The number of aliphatic hydroxyl groups is 1. The van der Waals surface area contributed by atoms with E-state index >= 15 is 0 Å². The highest BCUT2D eigenvalue weighted by atomic mass is 16.3. The number of hydrogen-bond acceptors (Lipinski definition) is 4. The van der Waals surface area contributed by atoms with E-state index in [1.807, 2.05) is 26.8 Å². The Bertz CT molecular complexity index is 290. The number of hydrogen-bond donors (Lipinski definition) is 2. The summed E-state index contributed by atoms with van der Waals surface area (Å²) in [5.74, 6) is 0.968. The summed E-state index contributed by atoms with van der Waals surface area (Å²) in [6.45, 7) is 6.15. The summed E-state index contributed by atoms with van der Waals surface area (Å²) >= 11 is 0. The highest BCUT2D eigenvalue weighted by molar-refractivity contribution is 5.36. The average Bonchev–Trinajstić information content (AvgIpc) is 2.16. The van der Waals surface area contributed by atoms with Gasteiger partial charge in [0.25, 0.3) is 0 Å². The highest BCUT2D eigenvalue weighted by Crippen LogP contribution is 2.09. The van der Waals surface area contributed by atoms with Gasteiger partial charge in [0.1, 0.15) is 5.82 Å². The van der Waals surface area contributed by atoms with E-state index in [0.717, 1.165) is 11.4 Å². The van der Waals surface area contributed by atoms with Crippen molar-refractivity contribution in [2.75, 3.05) is 11.9 Å². The van der Waals surface area contributed by atoms with Gasteiger partial charge in [0.2, 0.25) is 0 Å². The molecule has 0 amide bonds. The molecular weight excluding hydrogens is 178 g/mol. The van der Waals surface area contributed by atoms with Crippen molar-refractivity contribution in [3.8, 4) is 0 Å². The van der Waals surface area contributed by atoms with Crippen LogP contribution < -0.4 is 5.32 Å². The molecule has 2 atom stereocenters. The summed E-state index contributed by atoms with van der Waals surface area (Å²) in [4.78, 5) is 0. The Morgan fingerprint density at radius 2 is 2.21 bits per heavy atom. The summed E-state index contributed by atoms with van der Waals surface area (Å²) < 4.78 is 0. The fourth-order valence-corrected chi connectivity index (χ4v) is 1.07. The van der Waals surface area contributed by atoms with Gasteiger partial charge in [0.05, 0.1) is 6.20 Å². The fraction of sp³-hybridized carbons (Fsp3) is 0.600. The molecule has 0 aliphatic heterocycles. The number of nitrogens with zero attached hydrogens (tertiary/aromatic N) is 2. The minimum absolute atomic E-state index is 0.174. The van der Waals surface area contributed by atoms with Crippen LogP contribution in [0, 0.1) is 12.8 Å². The Hall–Kier alpha value is -1.16. The molecule has 0 aromatic carbocycles. The standard InChI is InChI=1S/C10H17N3O/c1-7-4-10(13-11-5-7)12-9(3)8(2)6-14/h4-5,8-9,14H,6H2,1-3H3,(H,12,13). The minimum Gasteiger partial charge on any atom is -0.396 e. The van der Waals surface area contributed by atoms with Gasteiger partial charge in [-0.1, -0.05) is 6.92 Å². The van der Waals surface area contributed by atoms with Gasteiger partial charge in [0, 0.05) is 12.6 Å². The van der Waals surface area contributed by atoms with E-state index in [-0.39, 0.29) is 18.6 Å². The van der Waals surface area contributed by atoms with E-state index in [9.17, 15) is 0 Å². The van der Waals surface area contributed by atoms with Crippen molar-refractivity contribution in [1.82, 2.24) is 10.2 Å². The zero-order valence-electron chi connectivity index (χ0n) is 8.86. The maximum Gasteiger partial charge on any atom is 0.149 e. The third-order valence-electron chi connectivity index (χ3n) is 2.31. The zero-order chi connectivity index (χ0) is 10.6. The lowest BCUT2D eigenvalue weighted by Crippen LogP contribution is -2.26. The second-order valence-electron chi connectivity index (χ2n) is 3.71. The molecule has 0 saturated carbocycles. The Morgan fingerprint density at radius 3 is 2.79 bits per heavy atom. The zero-order valence-corrected chi connectivity index (χ0v) is 8.86. The van der Waals surface area contributed by atoms with Crippen LogP contribution >= 0.6 is 0 Å². The van der Waals surface area contributed by atoms with Crippen molar-refractivity contribution in [1.29, 1.82) is 0 Å². The lowest BCUT2D eigenvalue weighted by molar-refractivity contribution is 0.226. The SMILES string of the molecule is Cc1cnnc(NC(C)C(C)CO)c1. The van der Waals surface area contributed by atoms with Crippen LogP contribution in [-0.2, 0) is 0 Å². The van der Waals surface area contributed by atoms with Crippen LogP contribution in [0.15, 0.2) is 12.3 Å². The number of rotatable bonds is 4. The minimum atomic E-state index is 0.174. The van der Waals surface area contributed by atoms with Crippen LogP contribution in [0.25, 0.3) is 0 Å². The molecule has 78 valence electrons. The Labute approximate surface area is 84.4 Å². The molecule has 0 bridgehead atoms. The highest BCUT2D eigenvalue weighted by Gasteiger charge is 2.11. The molecule has 0 radical (unpaired) electrons. The first-order chi connectivity index (χ1) is 6.63. The molecule has 2 N–H and O–H groups in total. The van der Waals surface area contributed by atoms with Gasteiger partial charge in [0.15, 0.2) is 0 Å². The van der Waals surface area contributed by atoms with Crippen LogP contribution in [0.4, 0.5) is 5.82 Å². The topological polar surface area (TPSA) is 58.0 Å². The summed E-state index contributed by atoms with van der Waals surface area (Å²) in [6.07, 6.45) is 1.71. The lowest BCUT2D eigenvalue weighted by Gasteiger charge is -2.19. The molecular formula is C10H17N3O. The summed E-state index contributed by atoms with van der Waals surface area (Å²) in [6, 6.07) is 2.13. The maximum atomic E-state index is 8.96. The largest absolute Gasteiger partial charge is 0.396 e. The van der Waals surface area contributed by atoms with Crippen LogP contribution in [0.2, 0.25) is 0 Å². The Kier molecular flexibility index (Phi) is 3.83. The van der Waals surface area contributed by atoms with Crippen molar-refractivity contribution in [2.24, 2.45) is 5.92 Å². The Morgan fingerprint density at radius 1 is 1.50 bits per heavy atom. The third kappa shape index (κ3) is 2.96. The van der Waals surface area contributed by atoms with Crippen molar-refractivity contribution >= 4 is 5.82 Å². The van der Waals surface area contributed by atoms with Crippen LogP contribution in [-0.4, -0.2) is 28.0 Å². The van der Waals surface area contributed by atoms with E-state index in [0.29, 0.717) is 0 Å². The first kappa shape index (κ1) is 10.9. The van der Waals surface area contributed by atoms with Crippen molar-refractivity contribution in [3.05, 3.63) is 17.8 Å². The van der Waals surface area contributed by atoms with Gasteiger partial charge in [-0.25, -0.2) is 0 Å². The van der Waals surface area contributed by atoms with Crippen molar-refractivity contribution < 1.29 is 5.11 Å². The molecule has 1 aromatic heterocycles. The average molecular weight is 195 g/mol. The van der Waals surface area contributed by atoms with Gasteiger partial charge in [-0.2, -0.15) is 5.10 Å². The molecule has 14 heavy (non-hydrogen) atoms. The molecule has 0 aliphatic rings. The molecule has 0 fully saturated rings. The molecule has 1 aromatic rings. The van der Waals surface area contributed by atoms with E-state index in [1.165, 1.54) is 0 Å². The van der Waals surface area contributed by atoms with Gasteiger partial charge in [-0.15, -0.1) is 5.10 Å². The van der Waals surface area contributed by atoms with E-state index < -0.39 is 0 Å². The van der Waals surface area contributed by atoms with Crippen LogP contribution in [0.1, 0.15) is 19.4 Å². The third-order valence-corrected chi connectivity index (χ3v) is 2.31. The fourth-order valence-electron chi connectivity index (χ4n) is 1.07. The Balaban J connectivity index is 2.60. The first-order valence-electron chi connectivity index (χ1n) is 4.80. The number of aliphatic hydroxyl groups excluding tert-OH is 1. The van der Waals surface area contributed by atoms with E-state index in [4.69, 9.17) is 5.11 Å². The maximum absolute atomic E-state index is 8.96. The van der Waals surface area contributed by atoms with Crippen molar-refractivity contribution in [3.63, 3.8) is 0 Å². The molecule has 0 saturated heterocycles. The van der Waals surface area contributed by atoms with Gasteiger partial charge < -0.3 is 10.4 Å². The van der Waals surface area contributed by atoms with Gasteiger partial charge in [-0.05, 0) is 31.4 Å². The smallest absolute Gasteiger partial charge is 0.149 e. The van der Waals surface area contributed by atoms with Crippen LogP contribution in [0.5, 0.6) is 0 Å². The van der Waals surface area contributed by atoms with E-state index in [2.05, 4.69) is 15.5 Å². The number of anilines is 1. The first-order valence-corrected chi connectivity index (χ1v) is 4.80. The number of aryl methyl sites for hydroxylation is 1. The molecule has 1 heterocycles. The van der Waals surface area contributed by atoms with E-state index in [1.54, 1.807) is 6.20 Å². The summed E-state index contributed by atoms with van der Waals surface area (Å²) in [5.41, 5.74) is 1.08. The molecule has 0 spiro atoms. The van der Waals surface area contributed by atoms with Gasteiger partial charge >= 0.3 is 0 Å². The second kappa shape index (κ2) is 4.91. The predicted molar refractivity (Wildman–Crippen MR) is 56.1 cm³/mol. The molecule has 4 heteroatoms. The number of nitrogens with one attached hydrogen (secondary N) is 1. The molecule has 4 nitrogen and oxygen atoms in total.